The Balaban J connectivity index is 2.14. The van der Waals surface area contributed by atoms with Crippen LogP contribution in [0.3, 0.4) is 0 Å². The van der Waals surface area contributed by atoms with Gasteiger partial charge in [0.05, 0.1) is 6.61 Å². The van der Waals surface area contributed by atoms with Crippen molar-refractivity contribution in [1.82, 2.24) is 5.32 Å². The highest BCUT2D eigenvalue weighted by atomic mass is 16.5. The Morgan fingerprint density at radius 3 is 2.71 bits per heavy atom. The molecule has 4 nitrogen and oxygen atoms in total. The van der Waals surface area contributed by atoms with E-state index in [4.69, 9.17) is 10.5 Å². The number of benzene rings is 1. The van der Waals surface area contributed by atoms with Gasteiger partial charge in [-0.25, -0.2) is 4.79 Å². The number of hydrogen-bond acceptors (Lipinski definition) is 3. The van der Waals surface area contributed by atoms with Crippen molar-refractivity contribution >= 4 is 11.8 Å². The molecule has 0 aromatic heterocycles. The van der Waals surface area contributed by atoms with Crippen molar-refractivity contribution in [2.24, 2.45) is 0 Å². The summed E-state index contributed by atoms with van der Waals surface area (Å²) in [6, 6.07) is 7.63. The lowest BCUT2D eigenvalue weighted by molar-refractivity contribution is 0.144. The molecule has 0 aliphatic carbocycles. The van der Waals surface area contributed by atoms with Gasteiger partial charge >= 0.3 is 6.09 Å². The Labute approximate surface area is 102 Å². The van der Waals surface area contributed by atoms with Gasteiger partial charge in [0, 0.05) is 12.2 Å². The van der Waals surface area contributed by atoms with Crippen molar-refractivity contribution in [3.8, 4) is 0 Å². The molecule has 0 saturated heterocycles. The van der Waals surface area contributed by atoms with Crippen molar-refractivity contribution in [3.63, 3.8) is 0 Å². The number of nitrogens with two attached hydrogens (primary N) is 1. The van der Waals surface area contributed by atoms with Gasteiger partial charge in [-0.3, -0.25) is 0 Å². The standard InChI is InChI=1S/C13H20N2O2/c1-2-3-10-17-13(16)15-9-8-11-4-6-12(14)7-5-11/h4-7H,2-3,8-10,14H2,1H3,(H,15,16). The maximum atomic E-state index is 11.2. The van der Waals surface area contributed by atoms with Crippen LogP contribution in [0, 0.1) is 0 Å². The molecule has 0 radical (unpaired) electrons. The summed E-state index contributed by atoms with van der Waals surface area (Å²) in [4.78, 5) is 11.2. The SMILES string of the molecule is CCCCOC(=O)NCCc1ccc(N)cc1. The van der Waals surface area contributed by atoms with E-state index in [2.05, 4.69) is 12.2 Å². The second kappa shape index (κ2) is 7.54. The van der Waals surface area contributed by atoms with Crippen LogP contribution in [-0.2, 0) is 11.2 Å². The zero-order chi connectivity index (χ0) is 12.5. The minimum atomic E-state index is -0.339. The number of alkyl carbamates (subject to hydrolysis) is 1. The van der Waals surface area contributed by atoms with E-state index < -0.39 is 0 Å². The van der Waals surface area contributed by atoms with E-state index >= 15 is 0 Å². The number of hydrogen-bond donors (Lipinski definition) is 2. The molecule has 0 heterocycles. The van der Waals surface area contributed by atoms with E-state index in [-0.39, 0.29) is 6.09 Å². The molecule has 4 heteroatoms. The molecule has 0 unspecified atom stereocenters. The number of amides is 1. The van der Waals surface area contributed by atoms with Crippen LogP contribution in [0.5, 0.6) is 0 Å². The minimum absolute atomic E-state index is 0.339. The first-order chi connectivity index (χ1) is 8.22. The van der Waals surface area contributed by atoms with Gasteiger partial charge in [0.15, 0.2) is 0 Å². The third-order valence-electron chi connectivity index (χ3n) is 2.39. The summed E-state index contributed by atoms with van der Waals surface area (Å²) in [6.45, 7) is 3.13. The second-order valence-electron chi connectivity index (χ2n) is 3.91. The van der Waals surface area contributed by atoms with E-state index in [1.54, 1.807) is 0 Å². The number of nitrogen functional groups attached to an aromatic ring is 1. The molecule has 1 aromatic rings. The van der Waals surface area contributed by atoms with Crippen LogP contribution in [-0.4, -0.2) is 19.2 Å². The van der Waals surface area contributed by atoms with E-state index in [9.17, 15) is 4.79 Å². The van der Waals surface area contributed by atoms with Gasteiger partial charge < -0.3 is 15.8 Å². The van der Waals surface area contributed by atoms with Gasteiger partial charge in [-0.1, -0.05) is 25.5 Å². The van der Waals surface area contributed by atoms with Gasteiger partial charge in [-0.2, -0.15) is 0 Å². The Bertz CT molecular complexity index is 336. The van der Waals surface area contributed by atoms with Crippen molar-refractivity contribution in [1.29, 1.82) is 0 Å². The maximum absolute atomic E-state index is 11.2. The summed E-state index contributed by atoms with van der Waals surface area (Å²) < 4.78 is 4.97. The normalized spacial score (nSPS) is 9.94. The maximum Gasteiger partial charge on any atom is 0.407 e. The fourth-order valence-corrected chi connectivity index (χ4v) is 1.35. The summed E-state index contributed by atoms with van der Waals surface area (Å²) in [5.74, 6) is 0. The highest BCUT2D eigenvalue weighted by Crippen LogP contribution is 2.05. The average molecular weight is 236 g/mol. The highest BCUT2D eigenvalue weighted by molar-refractivity contribution is 5.67. The number of carbonyl (C=O) groups is 1. The van der Waals surface area contributed by atoms with Gasteiger partial charge in [0.25, 0.3) is 0 Å². The summed E-state index contributed by atoms with van der Waals surface area (Å²) in [7, 11) is 0. The predicted molar refractivity (Wildman–Crippen MR) is 68.8 cm³/mol. The first-order valence-corrected chi connectivity index (χ1v) is 5.97. The largest absolute Gasteiger partial charge is 0.450 e. The van der Waals surface area contributed by atoms with Crippen molar-refractivity contribution in [2.75, 3.05) is 18.9 Å². The van der Waals surface area contributed by atoms with Gasteiger partial charge in [0.1, 0.15) is 0 Å². The highest BCUT2D eigenvalue weighted by Gasteiger charge is 2.00. The molecule has 0 spiro atoms. The molecule has 0 aliphatic rings. The Hall–Kier alpha value is -1.71. The van der Waals surface area contributed by atoms with Crippen molar-refractivity contribution < 1.29 is 9.53 Å². The number of nitrogens with one attached hydrogen (secondary N) is 1. The number of rotatable bonds is 6. The zero-order valence-corrected chi connectivity index (χ0v) is 10.2. The van der Waals surface area contributed by atoms with E-state index in [0.717, 1.165) is 30.5 Å². The van der Waals surface area contributed by atoms with Crippen molar-refractivity contribution in [2.45, 2.75) is 26.2 Å². The smallest absolute Gasteiger partial charge is 0.407 e. The fraction of sp³-hybridized carbons (Fsp3) is 0.462. The van der Waals surface area contributed by atoms with Crippen LogP contribution in [0.15, 0.2) is 24.3 Å². The Kier molecular flexibility index (Phi) is 5.93. The minimum Gasteiger partial charge on any atom is -0.450 e. The van der Waals surface area contributed by atoms with Gasteiger partial charge in [-0.15, -0.1) is 0 Å². The fourth-order valence-electron chi connectivity index (χ4n) is 1.35. The zero-order valence-electron chi connectivity index (χ0n) is 10.2. The lowest BCUT2D eigenvalue weighted by Crippen LogP contribution is -2.26. The van der Waals surface area contributed by atoms with Crippen LogP contribution in [0.25, 0.3) is 0 Å². The number of ether oxygens (including phenoxy) is 1. The Morgan fingerprint density at radius 1 is 1.35 bits per heavy atom. The second-order valence-corrected chi connectivity index (χ2v) is 3.91. The molecular formula is C13H20N2O2. The molecule has 0 atom stereocenters. The first-order valence-electron chi connectivity index (χ1n) is 5.97. The molecule has 0 saturated carbocycles. The van der Waals surface area contributed by atoms with E-state index in [1.165, 1.54) is 0 Å². The molecule has 0 bridgehead atoms. The van der Waals surface area contributed by atoms with E-state index in [1.807, 2.05) is 24.3 Å². The summed E-state index contributed by atoms with van der Waals surface area (Å²) >= 11 is 0. The van der Waals surface area contributed by atoms with Crippen LogP contribution in [0.2, 0.25) is 0 Å². The molecule has 0 fully saturated rings. The van der Waals surface area contributed by atoms with Crippen LogP contribution in [0.1, 0.15) is 25.3 Å². The summed E-state index contributed by atoms with van der Waals surface area (Å²) in [6.07, 6.45) is 2.38. The Morgan fingerprint density at radius 2 is 2.06 bits per heavy atom. The van der Waals surface area contributed by atoms with Crippen LogP contribution in [0.4, 0.5) is 10.5 Å². The lowest BCUT2D eigenvalue weighted by atomic mass is 10.1. The molecule has 3 N–H and O–H groups in total. The third-order valence-corrected chi connectivity index (χ3v) is 2.39. The molecule has 1 rings (SSSR count). The summed E-state index contributed by atoms with van der Waals surface area (Å²) in [5.41, 5.74) is 7.48. The molecule has 1 aromatic carbocycles. The summed E-state index contributed by atoms with van der Waals surface area (Å²) in [5, 5.41) is 2.71. The van der Waals surface area contributed by atoms with Crippen LogP contribution < -0.4 is 11.1 Å². The average Bonchev–Trinajstić information content (AvgIpc) is 2.32. The molecule has 17 heavy (non-hydrogen) atoms. The number of carbonyl (C=O) groups excluding carboxylic acids is 1. The van der Waals surface area contributed by atoms with E-state index in [0.29, 0.717) is 13.2 Å². The molecular weight excluding hydrogens is 216 g/mol. The number of unbranched alkanes of at least 4 members (excludes halogenated alkanes) is 1. The molecule has 0 aliphatic heterocycles. The van der Waals surface area contributed by atoms with Crippen LogP contribution >= 0.6 is 0 Å². The van der Waals surface area contributed by atoms with Gasteiger partial charge in [0.2, 0.25) is 0 Å². The molecule has 94 valence electrons. The van der Waals surface area contributed by atoms with Crippen molar-refractivity contribution in [3.05, 3.63) is 29.8 Å². The lowest BCUT2D eigenvalue weighted by Gasteiger charge is -2.06. The topological polar surface area (TPSA) is 64.3 Å². The quantitative estimate of drug-likeness (QED) is 0.588. The molecule has 1 amide bonds. The van der Waals surface area contributed by atoms with Gasteiger partial charge in [-0.05, 0) is 30.5 Å². The first kappa shape index (κ1) is 13.4. The number of anilines is 1. The predicted octanol–water partition coefficient (Wildman–Crippen LogP) is 2.34. The third kappa shape index (κ3) is 5.80. The monoisotopic (exact) mass is 236 g/mol.